The maximum absolute atomic E-state index is 13.8. The van der Waals surface area contributed by atoms with Crippen LogP contribution in [0.15, 0.2) is 77.3 Å². The van der Waals surface area contributed by atoms with Crippen LogP contribution in [-0.2, 0) is 22.4 Å². The minimum atomic E-state index is -0.580. The minimum absolute atomic E-state index is 0.0421. The van der Waals surface area contributed by atoms with E-state index >= 15 is 0 Å². The number of nitrogens with zero attached hydrogens (tertiary/aromatic N) is 1. The molecule has 1 heterocycles. The lowest BCUT2D eigenvalue weighted by atomic mass is 9.88. The molecule has 1 aliphatic carbocycles. The monoisotopic (exact) mass is 724 g/mol. The fourth-order valence-corrected chi connectivity index (χ4v) is 8.12. The van der Waals surface area contributed by atoms with Crippen molar-refractivity contribution in [3.05, 3.63) is 99.6 Å². The molecule has 2 atom stereocenters. The normalized spacial score (nSPS) is 14.4. The number of carbonyl (C=O) groups excluding carboxylic acids is 3. The van der Waals surface area contributed by atoms with Gasteiger partial charge in [0.15, 0.2) is 11.5 Å². The highest BCUT2D eigenvalue weighted by Crippen LogP contribution is 2.40. The molecule has 0 saturated heterocycles. The first kappa shape index (κ1) is 37.0. The van der Waals surface area contributed by atoms with Gasteiger partial charge in [0.05, 0.1) is 32.1 Å². The average molecular weight is 725 g/mol. The Morgan fingerprint density at radius 3 is 2.39 bits per heavy atom. The number of fused-ring (bicyclic) bond motifs is 1. The van der Waals surface area contributed by atoms with Crippen LogP contribution in [0.5, 0.6) is 17.2 Å². The molecule has 12 heteroatoms. The Balaban J connectivity index is 1.37. The van der Waals surface area contributed by atoms with Crippen LogP contribution in [0.4, 0.5) is 10.7 Å². The van der Waals surface area contributed by atoms with Crippen LogP contribution in [-0.4, -0.2) is 44.3 Å². The SMILES string of the molecule is CCC(Sc1cccc(NC(=O)/C(=C\c2cc(OC)c(OC)cc2OC)NC(=O)c2ccccc2)c1)C(=O)Nc1sc2c(c1C#N)CCC(C)C2. The van der Waals surface area contributed by atoms with Crippen molar-refractivity contribution in [1.29, 1.82) is 5.26 Å². The highest BCUT2D eigenvalue weighted by atomic mass is 32.2. The number of rotatable bonds is 13. The molecule has 0 radical (unpaired) electrons. The fraction of sp³-hybridized carbons (Fsp3) is 0.282. The smallest absolute Gasteiger partial charge is 0.272 e. The minimum Gasteiger partial charge on any atom is -0.496 e. The van der Waals surface area contributed by atoms with E-state index in [1.807, 2.05) is 13.0 Å². The van der Waals surface area contributed by atoms with Gasteiger partial charge in [0.2, 0.25) is 5.91 Å². The summed E-state index contributed by atoms with van der Waals surface area (Å²) in [5, 5.41) is 18.7. The van der Waals surface area contributed by atoms with E-state index in [1.54, 1.807) is 60.7 Å². The number of thiophene rings is 1. The van der Waals surface area contributed by atoms with Gasteiger partial charge in [0, 0.05) is 32.7 Å². The van der Waals surface area contributed by atoms with Crippen LogP contribution in [0.3, 0.4) is 0 Å². The molecule has 1 aliphatic rings. The zero-order valence-electron chi connectivity index (χ0n) is 29.1. The van der Waals surface area contributed by atoms with Gasteiger partial charge in [-0.05, 0) is 79.6 Å². The van der Waals surface area contributed by atoms with E-state index in [-0.39, 0.29) is 11.6 Å². The summed E-state index contributed by atoms with van der Waals surface area (Å²) in [6.07, 6.45) is 4.86. The van der Waals surface area contributed by atoms with E-state index in [1.165, 1.54) is 55.4 Å². The van der Waals surface area contributed by atoms with Crippen molar-refractivity contribution in [2.45, 2.75) is 49.7 Å². The first-order chi connectivity index (χ1) is 24.7. The Labute approximate surface area is 306 Å². The zero-order chi connectivity index (χ0) is 36.5. The maximum Gasteiger partial charge on any atom is 0.272 e. The van der Waals surface area contributed by atoms with Gasteiger partial charge < -0.3 is 30.2 Å². The lowest BCUT2D eigenvalue weighted by molar-refractivity contribution is -0.116. The van der Waals surface area contributed by atoms with E-state index in [4.69, 9.17) is 14.2 Å². The molecule has 5 rings (SSSR count). The zero-order valence-corrected chi connectivity index (χ0v) is 30.8. The molecule has 0 saturated carbocycles. The third kappa shape index (κ3) is 8.92. The summed E-state index contributed by atoms with van der Waals surface area (Å²) in [5.74, 6) is 0.565. The van der Waals surface area contributed by atoms with Gasteiger partial charge in [0.1, 0.15) is 22.5 Å². The quantitative estimate of drug-likeness (QED) is 0.0943. The topological polar surface area (TPSA) is 139 Å². The molecule has 0 bridgehead atoms. The van der Waals surface area contributed by atoms with E-state index < -0.39 is 17.1 Å². The van der Waals surface area contributed by atoms with E-state index in [9.17, 15) is 19.6 Å². The van der Waals surface area contributed by atoms with Crippen LogP contribution in [0, 0.1) is 17.2 Å². The van der Waals surface area contributed by atoms with E-state index in [0.29, 0.717) is 57.0 Å². The molecule has 51 heavy (non-hydrogen) atoms. The van der Waals surface area contributed by atoms with Crippen molar-refractivity contribution in [2.75, 3.05) is 32.0 Å². The number of amides is 3. The molecular weight excluding hydrogens is 685 g/mol. The molecule has 0 spiro atoms. The predicted octanol–water partition coefficient (Wildman–Crippen LogP) is 7.69. The first-order valence-corrected chi connectivity index (χ1v) is 18.2. The van der Waals surface area contributed by atoms with Gasteiger partial charge in [-0.1, -0.05) is 38.1 Å². The van der Waals surface area contributed by atoms with Gasteiger partial charge in [-0.3, -0.25) is 14.4 Å². The molecule has 10 nitrogen and oxygen atoms in total. The second kappa shape index (κ2) is 17.1. The number of nitrogens with one attached hydrogen (secondary N) is 3. The molecular formula is C39H40N4O6S2. The van der Waals surface area contributed by atoms with Gasteiger partial charge in [-0.15, -0.1) is 23.1 Å². The summed E-state index contributed by atoms with van der Waals surface area (Å²) in [6.45, 7) is 4.14. The number of hydrogen-bond donors (Lipinski definition) is 3. The van der Waals surface area contributed by atoms with Crippen LogP contribution < -0.4 is 30.2 Å². The highest BCUT2D eigenvalue weighted by Gasteiger charge is 2.27. The Morgan fingerprint density at radius 2 is 1.71 bits per heavy atom. The van der Waals surface area contributed by atoms with Crippen molar-refractivity contribution >= 4 is 57.6 Å². The van der Waals surface area contributed by atoms with E-state index in [2.05, 4.69) is 28.9 Å². The summed E-state index contributed by atoms with van der Waals surface area (Å²) >= 11 is 2.88. The number of anilines is 2. The second-order valence-electron chi connectivity index (χ2n) is 12.0. The van der Waals surface area contributed by atoms with Crippen LogP contribution in [0.1, 0.15) is 58.6 Å². The highest BCUT2D eigenvalue weighted by molar-refractivity contribution is 8.00. The molecule has 264 valence electrons. The number of hydrogen-bond acceptors (Lipinski definition) is 9. The summed E-state index contributed by atoms with van der Waals surface area (Å²) in [4.78, 5) is 42.5. The van der Waals surface area contributed by atoms with Crippen molar-refractivity contribution in [3.63, 3.8) is 0 Å². The Morgan fingerprint density at radius 1 is 0.980 bits per heavy atom. The third-order valence-corrected chi connectivity index (χ3v) is 11.0. The number of thioether (sulfide) groups is 1. The molecule has 3 N–H and O–H groups in total. The van der Waals surface area contributed by atoms with Crippen molar-refractivity contribution in [3.8, 4) is 23.3 Å². The average Bonchev–Trinajstić information content (AvgIpc) is 3.49. The van der Waals surface area contributed by atoms with Crippen molar-refractivity contribution in [1.82, 2.24) is 5.32 Å². The Hall–Kier alpha value is -5.25. The molecule has 4 aromatic rings. The first-order valence-electron chi connectivity index (χ1n) is 16.5. The standard InChI is InChI=1S/C39H40N4O6S2/c1-6-34(38(46)43-39-29(22-40)28-16-15-23(2)17-35(28)51-39)50-27-14-10-13-26(20-27)41-37(45)30(42-36(44)24-11-8-7-9-12-24)18-25-19-32(48-4)33(49-5)21-31(25)47-3/h7-14,18-21,23,34H,6,15-17H2,1-5H3,(H,41,45)(H,42,44)(H,43,46)/b30-18+. The van der Waals surface area contributed by atoms with Crippen LogP contribution in [0.25, 0.3) is 6.08 Å². The molecule has 3 aromatic carbocycles. The van der Waals surface area contributed by atoms with Gasteiger partial charge in [0.25, 0.3) is 11.8 Å². The number of benzene rings is 3. The third-order valence-electron chi connectivity index (χ3n) is 8.46. The second-order valence-corrected chi connectivity index (χ2v) is 14.4. The molecule has 2 unspecified atom stereocenters. The number of methoxy groups -OCH3 is 3. The van der Waals surface area contributed by atoms with Gasteiger partial charge >= 0.3 is 0 Å². The number of ether oxygens (including phenoxy) is 3. The molecule has 1 aromatic heterocycles. The fourth-order valence-electron chi connectivity index (χ4n) is 5.75. The largest absolute Gasteiger partial charge is 0.496 e. The van der Waals surface area contributed by atoms with E-state index in [0.717, 1.165) is 29.7 Å². The van der Waals surface area contributed by atoms with Crippen molar-refractivity contribution < 1.29 is 28.6 Å². The maximum atomic E-state index is 13.8. The van der Waals surface area contributed by atoms with Crippen LogP contribution >= 0.6 is 23.1 Å². The molecule has 0 fully saturated rings. The number of carbonyl (C=O) groups is 3. The van der Waals surface area contributed by atoms with Crippen molar-refractivity contribution in [2.24, 2.45) is 5.92 Å². The Bertz CT molecular complexity index is 1990. The predicted molar refractivity (Wildman–Crippen MR) is 202 cm³/mol. The Kier molecular flexibility index (Phi) is 12.4. The van der Waals surface area contributed by atoms with Gasteiger partial charge in [-0.25, -0.2) is 0 Å². The van der Waals surface area contributed by atoms with Gasteiger partial charge in [-0.2, -0.15) is 5.26 Å². The molecule has 0 aliphatic heterocycles. The lowest BCUT2D eigenvalue weighted by Gasteiger charge is -2.17. The van der Waals surface area contributed by atoms with Crippen LogP contribution in [0.2, 0.25) is 0 Å². The summed E-state index contributed by atoms with van der Waals surface area (Å²) in [7, 11) is 4.50. The number of nitriles is 1. The summed E-state index contributed by atoms with van der Waals surface area (Å²) in [6, 6.07) is 21.3. The summed E-state index contributed by atoms with van der Waals surface area (Å²) < 4.78 is 16.4. The summed E-state index contributed by atoms with van der Waals surface area (Å²) in [5.41, 5.74) is 2.91. The molecule has 3 amide bonds. The lowest BCUT2D eigenvalue weighted by Crippen LogP contribution is -2.30.